The van der Waals surface area contributed by atoms with Gasteiger partial charge < -0.3 is 24.6 Å². The number of nitrogens with zero attached hydrogens (tertiary/aromatic N) is 3. The van der Waals surface area contributed by atoms with Crippen LogP contribution in [0.25, 0.3) is 0 Å². The minimum absolute atomic E-state index is 0.0323. The quantitative estimate of drug-likeness (QED) is 0.850. The summed E-state index contributed by atoms with van der Waals surface area (Å²) < 4.78 is 10.6. The Hall–Kier alpha value is -3.29. The number of nitrogens with one attached hydrogen (secondary N) is 1. The van der Waals surface area contributed by atoms with Crippen LogP contribution in [0.1, 0.15) is 17.4 Å². The molecule has 0 unspecified atom stereocenters. The summed E-state index contributed by atoms with van der Waals surface area (Å²) >= 11 is 0. The lowest BCUT2D eigenvalue weighted by atomic mass is 10.2. The van der Waals surface area contributed by atoms with Crippen LogP contribution in [-0.2, 0) is 4.79 Å². The zero-order chi connectivity index (χ0) is 20.1. The summed E-state index contributed by atoms with van der Waals surface area (Å²) in [5, 5.41) is 3.25. The van der Waals surface area contributed by atoms with Crippen molar-refractivity contribution >= 4 is 23.2 Å². The predicted octanol–water partition coefficient (Wildman–Crippen LogP) is 2.15. The van der Waals surface area contributed by atoms with Gasteiger partial charge in [0, 0.05) is 51.1 Å². The molecule has 3 rings (SSSR count). The number of ether oxygens (including phenoxy) is 2. The number of rotatable bonds is 5. The fraction of sp³-hybridized carbons (Fsp3) is 0.350. The van der Waals surface area contributed by atoms with E-state index in [1.54, 1.807) is 55.3 Å². The average molecular weight is 384 g/mol. The van der Waals surface area contributed by atoms with Crippen LogP contribution in [0.4, 0.5) is 11.4 Å². The molecule has 0 aliphatic carbocycles. The molecule has 1 aromatic carbocycles. The smallest absolute Gasteiger partial charge is 0.272 e. The van der Waals surface area contributed by atoms with Gasteiger partial charge in [-0.25, -0.2) is 0 Å². The minimum Gasteiger partial charge on any atom is -0.497 e. The Morgan fingerprint density at radius 2 is 1.71 bits per heavy atom. The van der Waals surface area contributed by atoms with Crippen LogP contribution >= 0.6 is 0 Å². The zero-order valence-electron chi connectivity index (χ0n) is 16.3. The number of hydrogen-bond acceptors (Lipinski definition) is 6. The summed E-state index contributed by atoms with van der Waals surface area (Å²) in [6, 6.07) is 8.95. The van der Waals surface area contributed by atoms with E-state index in [4.69, 9.17) is 9.47 Å². The summed E-state index contributed by atoms with van der Waals surface area (Å²) in [7, 11) is 3.18. The third-order valence-corrected chi connectivity index (χ3v) is 4.68. The maximum Gasteiger partial charge on any atom is 0.272 e. The SMILES string of the molecule is COc1ccc(Nc2ccnc(C(=O)N3CCN(C(C)=O)CC3)c2)c(OC)c1. The Morgan fingerprint density at radius 1 is 1.00 bits per heavy atom. The third-order valence-electron chi connectivity index (χ3n) is 4.68. The Labute approximate surface area is 164 Å². The molecule has 1 fully saturated rings. The second kappa shape index (κ2) is 8.60. The molecular weight excluding hydrogens is 360 g/mol. The number of amides is 2. The highest BCUT2D eigenvalue weighted by atomic mass is 16.5. The van der Waals surface area contributed by atoms with Crippen molar-refractivity contribution in [2.24, 2.45) is 0 Å². The van der Waals surface area contributed by atoms with Crippen LogP contribution in [0.2, 0.25) is 0 Å². The van der Waals surface area contributed by atoms with Crippen LogP contribution < -0.4 is 14.8 Å². The Balaban J connectivity index is 1.72. The summed E-state index contributed by atoms with van der Waals surface area (Å²) in [5.41, 5.74) is 1.83. The van der Waals surface area contributed by atoms with E-state index in [9.17, 15) is 9.59 Å². The maximum absolute atomic E-state index is 12.8. The highest BCUT2D eigenvalue weighted by Crippen LogP contribution is 2.31. The number of piperazine rings is 1. The molecule has 28 heavy (non-hydrogen) atoms. The van der Waals surface area contributed by atoms with Gasteiger partial charge in [0.05, 0.1) is 19.9 Å². The first-order valence-corrected chi connectivity index (χ1v) is 9.01. The van der Waals surface area contributed by atoms with Gasteiger partial charge in [-0.2, -0.15) is 0 Å². The monoisotopic (exact) mass is 384 g/mol. The van der Waals surface area contributed by atoms with Gasteiger partial charge in [-0.05, 0) is 24.3 Å². The summed E-state index contributed by atoms with van der Waals surface area (Å²) in [5.74, 6) is 1.21. The molecule has 8 heteroatoms. The molecule has 8 nitrogen and oxygen atoms in total. The van der Waals surface area contributed by atoms with E-state index in [0.717, 1.165) is 11.4 Å². The van der Waals surface area contributed by atoms with Gasteiger partial charge in [-0.15, -0.1) is 0 Å². The van der Waals surface area contributed by atoms with Crippen molar-refractivity contribution in [3.05, 3.63) is 42.2 Å². The number of pyridine rings is 1. The van der Waals surface area contributed by atoms with Crippen molar-refractivity contribution in [1.82, 2.24) is 14.8 Å². The van der Waals surface area contributed by atoms with E-state index in [1.807, 2.05) is 12.1 Å². The predicted molar refractivity (Wildman–Crippen MR) is 105 cm³/mol. The summed E-state index contributed by atoms with van der Waals surface area (Å²) in [6.07, 6.45) is 1.59. The molecule has 0 bridgehead atoms. The number of hydrogen-bond donors (Lipinski definition) is 1. The molecule has 1 aliphatic rings. The molecule has 2 amide bonds. The van der Waals surface area contributed by atoms with E-state index in [-0.39, 0.29) is 11.8 Å². The number of anilines is 2. The van der Waals surface area contributed by atoms with Crippen molar-refractivity contribution in [3.63, 3.8) is 0 Å². The first-order chi connectivity index (χ1) is 13.5. The lowest BCUT2D eigenvalue weighted by molar-refractivity contribution is -0.130. The van der Waals surface area contributed by atoms with Crippen molar-refractivity contribution < 1.29 is 19.1 Å². The molecule has 1 N–H and O–H groups in total. The molecule has 1 aromatic heterocycles. The van der Waals surface area contributed by atoms with E-state index in [1.165, 1.54) is 0 Å². The van der Waals surface area contributed by atoms with E-state index in [0.29, 0.717) is 43.4 Å². The van der Waals surface area contributed by atoms with Crippen molar-refractivity contribution in [2.75, 3.05) is 45.7 Å². The Bertz CT molecular complexity index is 863. The molecule has 2 aromatic rings. The van der Waals surface area contributed by atoms with E-state index < -0.39 is 0 Å². The minimum atomic E-state index is -0.145. The summed E-state index contributed by atoms with van der Waals surface area (Å²) in [4.78, 5) is 31.9. The maximum atomic E-state index is 12.8. The number of aromatic nitrogens is 1. The van der Waals surface area contributed by atoms with E-state index >= 15 is 0 Å². The lowest BCUT2D eigenvalue weighted by Gasteiger charge is -2.34. The van der Waals surface area contributed by atoms with Crippen molar-refractivity contribution in [2.45, 2.75) is 6.92 Å². The average Bonchev–Trinajstić information content (AvgIpc) is 2.73. The van der Waals surface area contributed by atoms with Crippen molar-refractivity contribution in [3.8, 4) is 11.5 Å². The van der Waals surface area contributed by atoms with Gasteiger partial charge in [-0.1, -0.05) is 0 Å². The summed E-state index contributed by atoms with van der Waals surface area (Å²) in [6.45, 7) is 3.64. The fourth-order valence-electron chi connectivity index (χ4n) is 3.07. The fourth-order valence-corrected chi connectivity index (χ4v) is 3.07. The van der Waals surface area contributed by atoms with Gasteiger partial charge >= 0.3 is 0 Å². The molecule has 0 spiro atoms. The second-order valence-electron chi connectivity index (χ2n) is 6.42. The standard InChI is InChI=1S/C20H24N4O4/c1-14(25)23-8-10-24(11-9-23)20(26)18-12-15(6-7-21-18)22-17-5-4-16(27-2)13-19(17)28-3/h4-7,12-13H,8-11H2,1-3H3,(H,21,22). The first-order valence-electron chi connectivity index (χ1n) is 9.01. The van der Waals surface area contributed by atoms with Gasteiger partial charge in [-0.3, -0.25) is 14.6 Å². The molecule has 0 atom stereocenters. The first kappa shape index (κ1) is 19.5. The normalized spacial score (nSPS) is 13.8. The Kier molecular flexibility index (Phi) is 5.98. The molecule has 1 aliphatic heterocycles. The van der Waals surface area contributed by atoms with Crippen LogP contribution in [-0.4, -0.2) is 67.0 Å². The lowest BCUT2D eigenvalue weighted by Crippen LogP contribution is -2.50. The Morgan fingerprint density at radius 3 is 2.36 bits per heavy atom. The van der Waals surface area contributed by atoms with Gasteiger partial charge in [0.1, 0.15) is 17.2 Å². The van der Waals surface area contributed by atoms with Crippen LogP contribution in [0.5, 0.6) is 11.5 Å². The van der Waals surface area contributed by atoms with Gasteiger partial charge in [0.2, 0.25) is 5.91 Å². The van der Waals surface area contributed by atoms with Crippen LogP contribution in [0.15, 0.2) is 36.5 Å². The van der Waals surface area contributed by atoms with Crippen LogP contribution in [0, 0.1) is 0 Å². The number of carbonyl (C=O) groups is 2. The van der Waals surface area contributed by atoms with Crippen LogP contribution in [0.3, 0.4) is 0 Å². The highest BCUT2D eigenvalue weighted by Gasteiger charge is 2.24. The molecule has 148 valence electrons. The molecule has 0 saturated carbocycles. The number of methoxy groups -OCH3 is 2. The molecule has 1 saturated heterocycles. The third kappa shape index (κ3) is 4.33. The highest BCUT2D eigenvalue weighted by molar-refractivity contribution is 5.93. The van der Waals surface area contributed by atoms with Gasteiger partial charge in [0.15, 0.2) is 0 Å². The molecule has 0 radical (unpaired) electrons. The topological polar surface area (TPSA) is 84.0 Å². The van der Waals surface area contributed by atoms with Crippen molar-refractivity contribution in [1.29, 1.82) is 0 Å². The molecule has 2 heterocycles. The number of benzene rings is 1. The largest absolute Gasteiger partial charge is 0.497 e. The van der Waals surface area contributed by atoms with Gasteiger partial charge in [0.25, 0.3) is 5.91 Å². The second-order valence-corrected chi connectivity index (χ2v) is 6.42. The zero-order valence-corrected chi connectivity index (χ0v) is 16.3. The molecular formula is C20H24N4O4. The van der Waals surface area contributed by atoms with E-state index in [2.05, 4.69) is 10.3 Å². The number of carbonyl (C=O) groups excluding carboxylic acids is 2.